The summed E-state index contributed by atoms with van der Waals surface area (Å²) in [5.74, 6) is 0.787. The van der Waals surface area contributed by atoms with Gasteiger partial charge in [0.05, 0.1) is 18.3 Å². The Kier molecular flexibility index (Phi) is 8.44. The van der Waals surface area contributed by atoms with Crippen LogP contribution in [0.15, 0.2) is 22.8 Å². The number of ether oxygens (including phenoxy) is 1. The topological polar surface area (TPSA) is 63.0 Å². The van der Waals surface area contributed by atoms with Crippen LogP contribution in [-0.4, -0.2) is 41.6 Å². The number of aromatic nitrogens is 2. The molecule has 2 heterocycles. The van der Waals surface area contributed by atoms with Gasteiger partial charge < -0.3 is 15.4 Å². The number of hydrogen-bond acceptors (Lipinski definition) is 4. The normalized spacial score (nSPS) is 13.6. The Bertz CT molecular complexity index is 618. The van der Waals surface area contributed by atoms with E-state index >= 15 is 0 Å². The largest absolute Gasteiger partial charge is 0.379 e. The number of rotatable bonds is 6. The molecule has 0 radical (unpaired) electrons. The van der Waals surface area contributed by atoms with E-state index in [1.165, 1.54) is 0 Å². The molecule has 0 aliphatic heterocycles. The Morgan fingerprint density at radius 3 is 2.75 bits per heavy atom. The van der Waals surface area contributed by atoms with E-state index in [9.17, 15) is 0 Å². The third-order valence-corrected chi connectivity index (χ3v) is 4.36. The number of guanidine groups is 1. The van der Waals surface area contributed by atoms with Gasteiger partial charge in [-0.25, -0.2) is 9.98 Å². The van der Waals surface area contributed by atoms with Crippen molar-refractivity contribution in [1.29, 1.82) is 0 Å². The highest BCUT2D eigenvalue weighted by atomic mass is 127. The van der Waals surface area contributed by atoms with Gasteiger partial charge in [-0.05, 0) is 12.3 Å². The first-order valence-corrected chi connectivity index (χ1v) is 8.78. The van der Waals surface area contributed by atoms with E-state index in [2.05, 4.69) is 48.3 Å². The lowest BCUT2D eigenvalue weighted by molar-refractivity contribution is 0.0205. The van der Waals surface area contributed by atoms with E-state index in [-0.39, 0.29) is 35.5 Å². The van der Waals surface area contributed by atoms with Crippen molar-refractivity contribution in [1.82, 2.24) is 20.0 Å². The fourth-order valence-corrected chi connectivity index (χ4v) is 3.01. The number of methoxy groups -OCH3 is 1. The van der Waals surface area contributed by atoms with Crippen LogP contribution in [0.4, 0.5) is 0 Å². The van der Waals surface area contributed by atoms with Crippen LogP contribution < -0.4 is 10.6 Å². The summed E-state index contributed by atoms with van der Waals surface area (Å²) in [5.41, 5.74) is 1.04. The van der Waals surface area contributed by atoms with E-state index in [1.54, 1.807) is 18.4 Å². The molecule has 1 unspecified atom stereocenters. The molecule has 0 aliphatic carbocycles. The first kappa shape index (κ1) is 21.2. The molecule has 0 aromatic carbocycles. The molecule has 0 saturated heterocycles. The fourth-order valence-electron chi connectivity index (χ4n) is 2.29. The van der Waals surface area contributed by atoms with E-state index in [0.29, 0.717) is 13.1 Å². The highest BCUT2D eigenvalue weighted by molar-refractivity contribution is 14.0. The first-order valence-electron chi connectivity index (χ1n) is 7.90. The van der Waals surface area contributed by atoms with Gasteiger partial charge in [-0.3, -0.25) is 4.40 Å². The molecule has 8 heteroatoms. The minimum atomic E-state index is 0. The number of aliphatic imine (C=N–C) groups is 1. The van der Waals surface area contributed by atoms with Crippen molar-refractivity contribution in [2.24, 2.45) is 10.4 Å². The predicted molar refractivity (Wildman–Crippen MR) is 112 cm³/mol. The van der Waals surface area contributed by atoms with E-state index in [4.69, 9.17) is 4.74 Å². The fraction of sp³-hybridized carbons (Fsp3) is 0.625. The van der Waals surface area contributed by atoms with Crippen LogP contribution in [0.3, 0.4) is 0 Å². The molecular weight excluding hydrogens is 437 g/mol. The summed E-state index contributed by atoms with van der Waals surface area (Å²) in [6, 6.07) is 0. The molecule has 0 amide bonds. The second-order valence-electron chi connectivity index (χ2n) is 6.49. The average Bonchev–Trinajstić information content (AvgIpc) is 3.04. The number of nitrogens with one attached hydrogen (secondary N) is 2. The maximum absolute atomic E-state index is 5.58. The van der Waals surface area contributed by atoms with Gasteiger partial charge in [-0.2, -0.15) is 0 Å². The number of nitrogens with zero attached hydrogens (tertiary/aromatic N) is 3. The van der Waals surface area contributed by atoms with Crippen LogP contribution in [0.2, 0.25) is 0 Å². The minimum Gasteiger partial charge on any atom is -0.379 e. The van der Waals surface area contributed by atoms with Gasteiger partial charge in [0, 0.05) is 38.0 Å². The van der Waals surface area contributed by atoms with E-state index in [1.807, 2.05) is 22.2 Å². The SMILES string of the molecule is CCNC(=NCc1cn2ccsc2n1)NCC(OC)C(C)(C)C.I. The van der Waals surface area contributed by atoms with Crippen molar-refractivity contribution in [2.45, 2.75) is 40.3 Å². The Morgan fingerprint density at radius 2 is 2.17 bits per heavy atom. The van der Waals surface area contributed by atoms with E-state index < -0.39 is 0 Å². The molecule has 2 rings (SSSR count). The quantitative estimate of drug-likeness (QED) is 0.391. The molecule has 0 bridgehead atoms. The summed E-state index contributed by atoms with van der Waals surface area (Å²) in [5, 5.41) is 8.65. The minimum absolute atomic E-state index is 0. The lowest BCUT2D eigenvalue weighted by Gasteiger charge is -2.30. The zero-order valence-electron chi connectivity index (χ0n) is 15.0. The third kappa shape index (κ3) is 5.89. The second-order valence-corrected chi connectivity index (χ2v) is 7.36. The van der Waals surface area contributed by atoms with Gasteiger partial charge in [0.2, 0.25) is 0 Å². The Labute approximate surface area is 165 Å². The number of fused-ring (bicyclic) bond motifs is 1. The third-order valence-electron chi connectivity index (χ3n) is 3.59. The maximum atomic E-state index is 5.58. The standard InChI is InChI=1S/C16H27N5OS.HI/c1-6-17-14(19-10-13(22-5)16(2,3)4)18-9-12-11-21-7-8-23-15(21)20-12;/h7-8,11,13H,6,9-10H2,1-5H3,(H2,17,18,19);1H. The molecule has 2 N–H and O–H groups in total. The molecular formula is C16H28IN5OS. The number of hydrogen-bond donors (Lipinski definition) is 2. The number of thiazole rings is 1. The predicted octanol–water partition coefficient (Wildman–Crippen LogP) is 3.13. The van der Waals surface area contributed by atoms with Crippen LogP contribution >= 0.6 is 35.3 Å². The summed E-state index contributed by atoms with van der Waals surface area (Å²) in [6.07, 6.45) is 4.15. The summed E-state index contributed by atoms with van der Waals surface area (Å²) < 4.78 is 7.60. The summed E-state index contributed by atoms with van der Waals surface area (Å²) in [4.78, 5) is 10.2. The van der Waals surface area contributed by atoms with Gasteiger partial charge >= 0.3 is 0 Å². The van der Waals surface area contributed by atoms with Crippen molar-refractivity contribution < 1.29 is 4.74 Å². The molecule has 6 nitrogen and oxygen atoms in total. The zero-order valence-corrected chi connectivity index (χ0v) is 18.1. The summed E-state index contributed by atoms with van der Waals surface area (Å²) in [7, 11) is 1.75. The van der Waals surface area contributed by atoms with Crippen LogP contribution in [0.5, 0.6) is 0 Å². The zero-order chi connectivity index (χ0) is 16.9. The highest BCUT2D eigenvalue weighted by Gasteiger charge is 2.24. The van der Waals surface area contributed by atoms with Crippen molar-refractivity contribution in [3.63, 3.8) is 0 Å². The molecule has 0 aliphatic rings. The van der Waals surface area contributed by atoms with Crippen molar-refractivity contribution in [3.05, 3.63) is 23.5 Å². The smallest absolute Gasteiger partial charge is 0.193 e. The van der Waals surface area contributed by atoms with Crippen molar-refractivity contribution in [2.75, 3.05) is 20.2 Å². The van der Waals surface area contributed by atoms with Gasteiger partial charge in [0.1, 0.15) is 0 Å². The Hall–Kier alpha value is -0.870. The molecule has 0 saturated carbocycles. The van der Waals surface area contributed by atoms with Crippen molar-refractivity contribution >= 4 is 46.2 Å². The summed E-state index contributed by atoms with van der Waals surface area (Å²) in [6.45, 7) is 10.7. The van der Waals surface area contributed by atoms with Crippen LogP contribution in [0, 0.1) is 5.41 Å². The van der Waals surface area contributed by atoms with E-state index in [0.717, 1.165) is 23.2 Å². The lowest BCUT2D eigenvalue weighted by atomic mass is 9.89. The van der Waals surface area contributed by atoms with Crippen LogP contribution in [0.1, 0.15) is 33.4 Å². The van der Waals surface area contributed by atoms with Gasteiger partial charge in [0.15, 0.2) is 10.9 Å². The monoisotopic (exact) mass is 465 g/mol. The first-order chi connectivity index (χ1) is 10.9. The molecule has 1 atom stereocenters. The maximum Gasteiger partial charge on any atom is 0.193 e. The second kappa shape index (κ2) is 9.57. The molecule has 2 aromatic heterocycles. The molecule has 0 fully saturated rings. The molecule has 24 heavy (non-hydrogen) atoms. The molecule has 136 valence electrons. The Balaban J connectivity index is 0.00000288. The Morgan fingerprint density at radius 1 is 1.42 bits per heavy atom. The van der Waals surface area contributed by atoms with Crippen molar-refractivity contribution in [3.8, 4) is 0 Å². The average molecular weight is 465 g/mol. The van der Waals surface area contributed by atoms with Gasteiger partial charge in [0.25, 0.3) is 0 Å². The van der Waals surface area contributed by atoms with Crippen LogP contribution in [-0.2, 0) is 11.3 Å². The molecule has 0 spiro atoms. The van der Waals surface area contributed by atoms with Crippen LogP contribution in [0.25, 0.3) is 4.96 Å². The summed E-state index contributed by atoms with van der Waals surface area (Å²) >= 11 is 1.63. The number of imidazole rings is 1. The van der Waals surface area contributed by atoms with Gasteiger partial charge in [-0.1, -0.05) is 20.8 Å². The highest BCUT2D eigenvalue weighted by Crippen LogP contribution is 2.20. The number of halogens is 1. The van der Waals surface area contributed by atoms with Gasteiger partial charge in [-0.15, -0.1) is 35.3 Å². The molecule has 2 aromatic rings. The lowest BCUT2D eigenvalue weighted by Crippen LogP contribution is -2.45.